The Labute approximate surface area is 104 Å². The number of amides is 1. The number of allylic oxidation sites excluding steroid dienone is 2. The van der Waals surface area contributed by atoms with Crippen molar-refractivity contribution in [2.45, 2.75) is 47.1 Å². The minimum atomic E-state index is -0.536. The first-order valence-electron chi connectivity index (χ1n) is 6.20. The molecule has 0 aliphatic heterocycles. The van der Waals surface area contributed by atoms with Crippen molar-refractivity contribution < 1.29 is 9.90 Å². The SMILES string of the molecule is CC(C)=CC1C(C(=O)NC(C)(C)CO)C1(C)C. The van der Waals surface area contributed by atoms with E-state index in [0.717, 1.165) is 0 Å². The molecule has 0 radical (unpaired) electrons. The Bertz CT molecular complexity index is 338. The molecule has 1 fully saturated rings. The van der Waals surface area contributed by atoms with Gasteiger partial charge in [-0.1, -0.05) is 25.5 Å². The Morgan fingerprint density at radius 3 is 2.35 bits per heavy atom. The van der Waals surface area contributed by atoms with Gasteiger partial charge in [-0.05, 0) is 39.0 Å². The predicted molar refractivity (Wildman–Crippen MR) is 69.5 cm³/mol. The van der Waals surface area contributed by atoms with Crippen molar-refractivity contribution in [2.24, 2.45) is 17.3 Å². The molecule has 0 aromatic heterocycles. The second kappa shape index (κ2) is 4.45. The highest BCUT2D eigenvalue weighted by Crippen LogP contribution is 2.59. The lowest BCUT2D eigenvalue weighted by molar-refractivity contribution is -0.125. The van der Waals surface area contributed by atoms with E-state index in [4.69, 9.17) is 5.11 Å². The highest BCUT2D eigenvalue weighted by molar-refractivity contribution is 5.84. The van der Waals surface area contributed by atoms with Crippen LogP contribution in [-0.4, -0.2) is 23.2 Å². The van der Waals surface area contributed by atoms with Crippen LogP contribution in [0, 0.1) is 17.3 Å². The molecule has 2 atom stereocenters. The summed E-state index contributed by atoms with van der Waals surface area (Å²) in [5.74, 6) is 0.404. The smallest absolute Gasteiger partial charge is 0.224 e. The van der Waals surface area contributed by atoms with Crippen LogP contribution < -0.4 is 5.32 Å². The van der Waals surface area contributed by atoms with Crippen molar-refractivity contribution in [3.8, 4) is 0 Å². The number of nitrogens with one attached hydrogen (secondary N) is 1. The van der Waals surface area contributed by atoms with Crippen LogP contribution in [0.2, 0.25) is 0 Å². The van der Waals surface area contributed by atoms with Crippen LogP contribution in [0.3, 0.4) is 0 Å². The molecule has 1 aliphatic rings. The third-order valence-electron chi connectivity index (χ3n) is 3.56. The number of carbonyl (C=O) groups excluding carboxylic acids is 1. The number of carbonyl (C=O) groups is 1. The number of hydrogen-bond acceptors (Lipinski definition) is 2. The van der Waals surface area contributed by atoms with Crippen molar-refractivity contribution in [1.29, 1.82) is 0 Å². The number of hydrogen-bond donors (Lipinski definition) is 2. The molecule has 0 spiro atoms. The zero-order valence-electron chi connectivity index (χ0n) is 11.8. The first-order valence-corrected chi connectivity index (χ1v) is 6.20. The van der Waals surface area contributed by atoms with Gasteiger partial charge in [0.15, 0.2) is 0 Å². The van der Waals surface area contributed by atoms with Crippen molar-refractivity contribution >= 4 is 5.91 Å². The van der Waals surface area contributed by atoms with Crippen LogP contribution in [-0.2, 0) is 4.79 Å². The van der Waals surface area contributed by atoms with Gasteiger partial charge in [-0.15, -0.1) is 0 Å². The Kier molecular flexibility index (Phi) is 3.72. The van der Waals surface area contributed by atoms with E-state index in [1.54, 1.807) is 0 Å². The van der Waals surface area contributed by atoms with Gasteiger partial charge in [0.2, 0.25) is 5.91 Å². The Hall–Kier alpha value is -0.830. The zero-order chi connectivity index (χ0) is 13.4. The van der Waals surface area contributed by atoms with Gasteiger partial charge in [0.25, 0.3) is 0 Å². The molecular formula is C14H25NO2. The molecule has 1 amide bonds. The van der Waals surface area contributed by atoms with Crippen LogP contribution in [0.1, 0.15) is 41.5 Å². The van der Waals surface area contributed by atoms with E-state index in [1.165, 1.54) is 5.57 Å². The molecule has 2 N–H and O–H groups in total. The maximum atomic E-state index is 12.1. The van der Waals surface area contributed by atoms with Crippen LogP contribution >= 0.6 is 0 Å². The molecule has 17 heavy (non-hydrogen) atoms. The van der Waals surface area contributed by atoms with Crippen LogP contribution in [0.4, 0.5) is 0 Å². The van der Waals surface area contributed by atoms with Gasteiger partial charge in [0.05, 0.1) is 18.1 Å². The van der Waals surface area contributed by atoms with E-state index >= 15 is 0 Å². The fraction of sp³-hybridized carbons (Fsp3) is 0.786. The molecule has 1 aliphatic carbocycles. The average molecular weight is 239 g/mol. The molecule has 0 saturated heterocycles. The van der Waals surface area contributed by atoms with Gasteiger partial charge in [0, 0.05) is 0 Å². The third kappa shape index (κ3) is 3.09. The second-order valence-electron chi connectivity index (χ2n) is 6.60. The second-order valence-corrected chi connectivity index (χ2v) is 6.60. The molecule has 0 aromatic rings. The summed E-state index contributed by atoms with van der Waals surface area (Å²) < 4.78 is 0. The van der Waals surface area contributed by atoms with Crippen molar-refractivity contribution in [1.82, 2.24) is 5.32 Å². The molecule has 0 aromatic carbocycles. The monoisotopic (exact) mass is 239 g/mol. The topological polar surface area (TPSA) is 49.3 Å². The maximum Gasteiger partial charge on any atom is 0.224 e. The largest absolute Gasteiger partial charge is 0.394 e. The molecule has 1 rings (SSSR count). The van der Waals surface area contributed by atoms with Crippen LogP contribution in [0.15, 0.2) is 11.6 Å². The summed E-state index contributed by atoms with van der Waals surface area (Å²) in [7, 11) is 0. The molecule has 2 unspecified atom stereocenters. The van der Waals surface area contributed by atoms with Gasteiger partial charge in [0.1, 0.15) is 0 Å². The summed E-state index contributed by atoms with van der Waals surface area (Å²) >= 11 is 0. The summed E-state index contributed by atoms with van der Waals surface area (Å²) in [4.78, 5) is 12.1. The van der Waals surface area contributed by atoms with E-state index < -0.39 is 5.54 Å². The van der Waals surface area contributed by atoms with Crippen LogP contribution in [0.25, 0.3) is 0 Å². The molecule has 3 heteroatoms. The quantitative estimate of drug-likeness (QED) is 0.738. The summed E-state index contributed by atoms with van der Waals surface area (Å²) in [5.41, 5.74) is 0.748. The summed E-state index contributed by atoms with van der Waals surface area (Å²) in [6.07, 6.45) is 2.18. The first kappa shape index (κ1) is 14.2. The lowest BCUT2D eigenvalue weighted by Gasteiger charge is -2.23. The van der Waals surface area contributed by atoms with Crippen LogP contribution in [0.5, 0.6) is 0 Å². The molecule has 98 valence electrons. The summed E-state index contributed by atoms with van der Waals surface area (Å²) in [6, 6.07) is 0. The normalized spacial score (nSPS) is 26.3. The zero-order valence-corrected chi connectivity index (χ0v) is 11.8. The fourth-order valence-electron chi connectivity index (χ4n) is 2.30. The fourth-order valence-corrected chi connectivity index (χ4v) is 2.30. The van der Waals surface area contributed by atoms with Crippen molar-refractivity contribution in [2.75, 3.05) is 6.61 Å². The Morgan fingerprint density at radius 1 is 1.41 bits per heavy atom. The minimum absolute atomic E-state index is 0.0308. The number of rotatable bonds is 4. The highest BCUT2D eigenvalue weighted by atomic mass is 16.3. The molecular weight excluding hydrogens is 214 g/mol. The first-order chi connectivity index (χ1) is 7.62. The number of aliphatic hydroxyl groups is 1. The standard InChI is InChI=1S/C14H25NO2/c1-9(2)7-10-11(14(10,5)6)12(17)15-13(3,4)8-16/h7,10-11,16H,8H2,1-6H3,(H,15,17). The van der Waals surface area contributed by atoms with E-state index in [0.29, 0.717) is 5.92 Å². The average Bonchev–Trinajstić information content (AvgIpc) is 2.66. The van der Waals surface area contributed by atoms with Gasteiger partial charge in [-0.25, -0.2) is 0 Å². The van der Waals surface area contributed by atoms with Crippen molar-refractivity contribution in [3.05, 3.63) is 11.6 Å². The third-order valence-corrected chi connectivity index (χ3v) is 3.56. The molecule has 3 nitrogen and oxygen atoms in total. The molecule has 0 heterocycles. The maximum absolute atomic E-state index is 12.1. The number of aliphatic hydroxyl groups excluding tert-OH is 1. The molecule has 0 bridgehead atoms. The van der Waals surface area contributed by atoms with Gasteiger partial charge in [-0.3, -0.25) is 4.79 Å². The van der Waals surface area contributed by atoms with E-state index in [-0.39, 0.29) is 23.8 Å². The highest BCUT2D eigenvalue weighted by Gasteiger charge is 2.60. The van der Waals surface area contributed by atoms with Gasteiger partial charge >= 0.3 is 0 Å². The van der Waals surface area contributed by atoms with Crippen molar-refractivity contribution in [3.63, 3.8) is 0 Å². The summed E-state index contributed by atoms with van der Waals surface area (Å²) in [5, 5.41) is 12.1. The van der Waals surface area contributed by atoms with E-state index in [2.05, 4.69) is 39.1 Å². The minimum Gasteiger partial charge on any atom is -0.394 e. The van der Waals surface area contributed by atoms with E-state index in [1.807, 2.05) is 13.8 Å². The lowest BCUT2D eigenvalue weighted by Crippen LogP contribution is -2.47. The van der Waals surface area contributed by atoms with E-state index in [9.17, 15) is 4.79 Å². The summed E-state index contributed by atoms with van der Waals surface area (Å²) in [6.45, 7) is 12.0. The lowest BCUT2D eigenvalue weighted by atomic mass is 10.1. The Balaban J connectivity index is 2.70. The predicted octanol–water partition coefficient (Wildman–Crippen LogP) is 2.11. The Morgan fingerprint density at radius 2 is 1.94 bits per heavy atom. The van der Waals surface area contributed by atoms with Gasteiger partial charge in [-0.2, -0.15) is 0 Å². The van der Waals surface area contributed by atoms with Gasteiger partial charge < -0.3 is 10.4 Å². The molecule has 1 saturated carbocycles.